The van der Waals surface area contributed by atoms with Gasteiger partial charge >= 0.3 is 12.3 Å². The van der Waals surface area contributed by atoms with Crippen molar-refractivity contribution in [1.82, 2.24) is 24.7 Å². The minimum absolute atomic E-state index is 0.0880. The molecule has 282 valence electrons. The predicted octanol–water partition coefficient (Wildman–Crippen LogP) is 4.63. The maximum absolute atomic E-state index is 13.9. The van der Waals surface area contributed by atoms with Crippen molar-refractivity contribution < 1.29 is 45.5 Å². The number of alkyl halides is 3. The number of allylic oxidation sites excluding steroid dienone is 1. The van der Waals surface area contributed by atoms with E-state index in [0.717, 1.165) is 31.0 Å². The molecule has 4 amide bonds. The fourth-order valence-corrected chi connectivity index (χ4v) is 7.93. The number of carbonyl (C=O) groups excluding carboxylic acids is 4. The summed E-state index contributed by atoms with van der Waals surface area (Å²) < 4.78 is 75.0. The molecule has 1 aromatic heterocycles. The number of aromatic nitrogens is 2. The minimum Gasteiger partial charge on any atom is -0.446 e. The quantitative estimate of drug-likeness (QED) is 0.175. The van der Waals surface area contributed by atoms with Crippen LogP contribution < -0.4 is 15.4 Å². The van der Waals surface area contributed by atoms with Crippen molar-refractivity contribution in [3.05, 3.63) is 67.0 Å². The number of unbranched alkanes of at least 4 members (excludes halogenated alkanes) is 2. The third-order valence-corrected chi connectivity index (χ3v) is 11.6. The van der Waals surface area contributed by atoms with Crippen molar-refractivity contribution in [2.75, 3.05) is 18.9 Å². The Balaban J connectivity index is 1.35. The first-order valence-electron chi connectivity index (χ1n) is 17.1. The van der Waals surface area contributed by atoms with Crippen LogP contribution in [0.1, 0.15) is 62.6 Å². The number of halogens is 3. The molecule has 52 heavy (non-hydrogen) atoms. The van der Waals surface area contributed by atoms with Crippen LogP contribution in [-0.4, -0.2) is 77.4 Å². The molecule has 1 unspecified atom stereocenters. The number of aryl methyl sites for hydroxylation is 1. The summed E-state index contributed by atoms with van der Waals surface area (Å²) in [5.74, 6) is -4.64. The van der Waals surface area contributed by atoms with Gasteiger partial charge in [0.1, 0.15) is 11.6 Å². The summed E-state index contributed by atoms with van der Waals surface area (Å²) in [7, 11) is -2.34. The first kappa shape index (κ1) is 38.6. The van der Waals surface area contributed by atoms with E-state index in [1.54, 1.807) is 26.1 Å². The highest BCUT2D eigenvalue weighted by Crippen LogP contribution is 2.46. The van der Waals surface area contributed by atoms with Crippen molar-refractivity contribution in [3.63, 3.8) is 0 Å². The second-order valence-electron chi connectivity index (χ2n) is 13.7. The SMILES string of the molecule is C=CCCCCN(C)C(=O)[C@@H]1C[C@H](OC(=O)Nc2cc(C(F)(F)F)ccc2-n2ccc(C)n2)C[C@H]1C(=O)N[C@]1(C(=O)NS(=O)(=O)C2CC2)CC1C=C. The third-order valence-electron chi connectivity index (χ3n) is 9.75. The molecule has 2 aromatic rings. The summed E-state index contributed by atoms with van der Waals surface area (Å²) in [6, 6.07) is 4.41. The van der Waals surface area contributed by atoms with Crippen molar-refractivity contribution in [2.45, 2.75) is 81.4 Å². The van der Waals surface area contributed by atoms with Gasteiger partial charge in [-0.15, -0.1) is 13.2 Å². The lowest BCUT2D eigenvalue weighted by atomic mass is 9.93. The van der Waals surface area contributed by atoms with E-state index in [-0.39, 0.29) is 30.6 Å². The van der Waals surface area contributed by atoms with E-state index in [0.29, 0.717) is 31.5 Å². The lowest BCUT2D eigenvalue weighted by Gasteiger charge is -2.26. The molecule has 0 radical (unpaired) electrons. The van der Waals surface area contributed by atoms with Crippen LogP contribution in [0.4, 0.5) is 23.7 Å². The molecule has 0 saturated heterocycles. The second-order valence-corrected chi connectivity index (χ2v) is 15.7. The van der Waals surface area contributed by atoms with E-state index in [4.69, 9.17) is 4.74 Å². The zero-order valence-corrected chi connectivity index (χ0v) is 29.8. The standard InChI is InChI=1S/C35H43F3N6O7S/c1-5-7-8-9-15-43(4)31(46)27-19-24(18-26(27)30(45)40-34(20-22(34)6-2)32(47)42-52(49,50)25-11-12-25)51-33(48)39-28-17-23(35(36,37)38)10-13-29(28)44-16-14-21(3)41-44/h5-6,10,13-14,16-17,22,24-27H,1-2,7-9,11-12,15,18-20H2,3-4H3,(H,39,48)(H,40,45)(H,42,47)/t22?,24-,26-,27-,34-/m1/s1. The molecule has 1 heterocycles. The van der Waals surface area contributed by atoms with Gasteiger partial charge in [0.15, 0.2) is 0 Å². The molecule has 13 nitrogen and oxygen atoms in total. The van der Waals surface area contributed by atoms with E-state index in [1.165, 1.54) is 21.9 Å². The van der Waals surface area contributed by atoms with Gasteiger partial charge in [0.2, 0.25) is 21.8 Å². The van der Waals surface area contributed by atoms with Crippen LogP contribution in [0.15, 0.2) is 55.8 Å². The number of carbonyl (C=O) groups is 4. The van der Waals surface area contributed by atoms with Crippen LogP contribution in [0.3, 0.4) is 0 Å². The van der Waals surface area contributed by atoms with Crippen LogP contribution in [0.25, 0.3) is 5.69 Å². The first-order chi connectivity index (χ1) is 24.5. The van der Waals surface area contributed by atoms with Crippen LogP contribution in [0.2, 0.25) is 0 Å². The lowest BCUT2D eigenvalue weighted by molar-refractivity contribution is -0.140. The van der Waals surface area contributed by atoms with Gasteiger partial charge in [-0.2, -0.15) is 18.3 Å². The Morgan fingerprint density at radius 1 is 1.12 bits per heavy atom. The van der Waals surface area contributed by atoms with Gasteiger partial charge in [-0.05, 0) is 82.6 Å². The molecule has 0 spiro atoms. The predicted molar refractivity (Wildman–Crippen MR) is 184 cm³/mol. The zero-order chi connectivity index (χ0) is 38.0. The Bertz CT molecular complexity index is 1840. The Morgan fingerprint density at radius 3 is 2.42 bits per heavy atom. The number of sulfonamides is 1. The molecule has 3 saturated carbocycles. The fraction of sp³-hybridized carbons (Fsp3) is 0.514. The first-order valence-corrected chi connectivity index (χ1v) is 18.6. The fourth-order valence-electron chi connectivity index (χ4n) is 6.56. The van der Waals surface area contributed by atoms with E-state index >= 15 is 0 Å². The Labute approximate surface area is 300 Å². The monoisotopic (exact) mass is 748 g/mol. The summed E-state index contributed by atoms with van der Waals surface area (Å²) in [4.78, 5) is 55.7. The maximum Gasteiger partial charge on any atom is 0.416 e. The third kappa shape index (κ3) is 8.68. The molecule has 5 rings (SSSR count). The molecule has 17 heteroatoms. The van der Waals surface area contributed by atoms with Crippen molar-refractivity contribution in [3.8, 4) is 5.69 Å². The highest BCUT2D eigenvalue weighted by molar-refractivity contribution is 7.91. The van der Waals surface area contributed by atoms with Crippen molar-refractivity contribution in [1.29, 1.82) is 0 Å². The van der Waals surface area contributed by atoms with Gasteiger partial charge < -0.3 is 15.0 Å². The summed E-state index contributed by atoms with van der Waals surface area (Å²) >= 11 is 0. The minimum atomic E-state index is -4.71. The Morgan fingerprint density at radius 2 is 1.83 bits per heavy atom. The number of nitrogens with zero attached hydrogens (tertiary/aromatic N) is 3. The average Bonchev–Trinajstić information content (AvgIpc) is 3.98. The molecule has 0 aliphatic heterocycles. The number of hydrogen-bond donors (Lipinski definition) is 3. The number of nitrogens with one attached hydrogen (secondary N) is 3. The van der Waals surface area contributed by atoms with Crippen LogP contribution in [0.5, 0.6) is 0 Å². The van der Waals surface area contributed by atoms with Crippen molar-refractivity contribution >= 4 is 39.5 Å². The largest absolute Gasteiger partial charge is 0.446 e. The maximum atomic E-state index is 13.9. The van der Waals surface area contributed by atoms with Gasteiger partial charge in [-0.1, -0.05) is 12.2 Å². The van der Waals surface area contributed by atoms with Gasteiger partial charge in [0.05, 0.1) is 39.7 Å². The number of anilines is 1. The van der Waals surface area contributed by atoms with Gasteiger partial charge in [-0.25, -0.2) is 17.9 Å². The number of ether oxygens (including phenoxy) is 1. The Hall–Kier alpha value is -4.67. The van der Waals surface area contributed by atoms with Gasteiger partial charge in [-0.3, -0.25) is 24.4 Å². The number of benzene rings is 1. The zero-order valence-electron chi connectivity index (χ0n) is 28.9. The van der Waals surface area contributed by atoms with E-state index in [9.17, 15) is 40.8 Å². The van der Waals surface area contributed by atoms with Crippen molar-refractivity contribution in [2.24, 2.45) is 17.8 Å². The lowest BCUT2D eigenvalue weighted by Crippen LogP contribution is -2.54. The highest BCUT2D eigenvalue weighted by Gasteiger charge is 2.62. The molecule has 3 aliphatic rings. The summed E-state index contributed by atoms with van der Waals surface area (Å²) in [5.41, 5.74) is -2.12. The molecular formula is C35H43F3N6O7S. The molecule has 3 aliphatic carbocycles. The normalized spacial score (nSPS) is 24.0. The highest BCUT2D eigenvalue weighted by atomic mass is 32.2. The summed E-state index contributed by atoms with van der Waals surface area (Å²) in [6.45, 7) is 9.46. The van der Waals surface area contributed by atoms with Gasteiger partial charge in [0, 0.05) is 25.7 Å². The van der Waals surface area contributed by atoms with E-state index < -0.39 is 80.2 Å². The molecule has 0 bridgehead atoms. The van der Waals surface area contributed by atoms with Crippen LogP contribution >= 0.6 is 0 Å². The number of rotatable bonds is 15. The average molecular weight is 749 g/mol. The van der Waals surface area contributed by atoms with E-state index in [1.807, 2.05) is 0 Å². The molecule has 5 atom stereocenters. The molecule has 3 fully saturated rings. The molecular weight excluding hydrogens is 705 g/mol. The molecule has 1 aromatic carbocycles. The Kier molecular flexibility index (Phi) is 11.2. The second kappa shape index (κ2) is 15.1. The summed E-state index contributed by atoms with van der Waals surface area (Å²) in [5, 5.41) is 8.62. The number of amides is 4. The van der Waals surface area contributed by atoms with Gasteiger partial charge in [0.25, 0.3) is 5.91 Å². The summed E-state index contributed by atoms with van der Waals surface area (Å²) in [6.07, 6.45) is 0.782. The smallest absolute Gasteiger partial charge is 0.416 e. The van der Waals surface area contributed by atoms with Crippen LogP contribution in [-0.2, 0) is 35.3 Å². The molecule has 3 N–H and O–H groups in total. The topological polar surface area (TPSA) is 169 Å². The number of hydrogen-bond acceptors (Lipinski definition) is 8. The van der Waals surface area contributed by atoms with E-state index in [2.05, 4.69) is 33.6 Å². The van der Waals surface area contributed by atoms with Crippen LogP contribution in [0, 0.1) is 24.7 Å².